The highest BCUT2D eigenvalue weighted by molar-refractivity contribution is 5.13. The van der Waals surface area contributed by atoms with Crippen LogP contribution >= 0.6 is 0 Å². The van der Waals surface area contributed by atoms with Crippen LogP contribution in [0.25, 0.3) is 0 Å². The third-order valence-electron chi connectivity index (χ3n) is 2.57. The van der Waals surface area contributed by atoms with Gasteiger partial charge in [0.1, 0.15) is 5.82 Å². The van der Waals surface area contributed by atoms with Gasteiger partial charge in [-0.05, 0) is 26.7 Å². The van der Waals surface area contributed by atoms with Crippen LogP contribution in [0.5, 0.6) is 0 Å². The predicted octanol–water partition coefficient (Wildman–Crippen LogP) is 1.41. The minimum Gasteiger partial charge on any atom is -0.335 e. The molecule has 0 amide bonds. The van der Waals surface area contributed by atoms with E-state index in [1.807, 2.05) is 13.8 Å². The average molecular weight is 179 g/mol. The highest BCUT2D eigenvalue weighted by Gasteiger charge is 2.21. The predicted molar refractivity (Wildman–Crippen MR) is 52.4 cm³/mol. The van der Waals surface area contributed by atoms with Crippen LogP contribution in [0, 0.1) is 0 Å². The van der Waals surface area contributed by atoms with Gasteiger partial charge in [-0.2, -0.15) is 0 Å². The van der Waals surface area contributed by atoms with E-state index in [0.717, 1.165) is 18.7 Å². The fourth-order valence-corrected chi connectivity index (χ4v) is 1.72. The molecule has 0 aromatic carbocycles. The van der Waals surface area contributed by atoms with Crippen molar-refractivity contribution in [1.29, 1.82) is 0 Å². The number of hydrogen-bond donors (Lipinski definition) is 1. The van der Waals surface area contributed by atoms with Gasteiger partial charge in [0.2, 0.25) is 0 Å². The van der Waals surface area contributed by atoms with Crippen LogP contribution in [-0.4, -0.2) is 9.55 Å². The lowest BCUT2D eigenvalue weighted by Crippen LogP contribution is -2.29. The number of fused-ring (bicyclic) bond motifs is 1. The second kappa shape index (κ2) is 2.84. The molecule has 3 nitrogen and oxygen atoms in total. The number of nitrogens with zero attached hydrogens (tertiary/aromatic N) is 2. The van der Waals surface area contributed by atoms with Crippen molar-refractivity contribution < 1.29 is 0 Å². The van der Waals surface area contributed by atoms with Crippen molar-refractivity contribution in [1.82, 2.24) is 9.55 Å². The van der Waals surface area contributed by atoms with E-state index in [2.05, 4.69) is 15.7 Å². The fraction of sp³-hybridized carbons (Fsp3) is 0.700. The van der Waals surface area contributed by atoms with Crippen molar-refractivity contribution >= 4 is 0 Å². The first-order chi connectivity index (χ1) is 6.07. The average Bonchev–Trinajstić information content (AvgIpc) is 2.45. The lowest BCUT2D eigenvalue weighted by Gasteiger charge is -2.14. The molecule has 0 aliphatic carbocycles. The summed E-state index contributed by atoms with van der Waals surface area (Å²) in [4.78, 5) is 4.56. The van der Waals surface area contributed by atoms with Gasteiger partial charge in [0.05, 0.1) is 11.2 Å². The molecule has 1 aromatic rings. The Morgan fingerprint density at radius 1 is 1.46 bits per heavy atom. The Morgan fingerprint density at radius 3 is 2.85 bits per heavy atom. The maximum atomic E-state index is 5.99. The third kappa shape index (κ3) is 1.61. The summed E-state index contributed by atoms with van der Waals surface area (Å²) in [7, 11) is 0. The molecule has 0 unspecified atom stereocenters. The number of aryl methyl sites for hydroxylation is 2. The van der Waals surface area contributed by atoms with Gasteiger partial charge < -0.3 is 10.3 Å². The molecule has 0 saturated heterocycles. The van der Waals surface area contributed by atoms with Gasteiger partial charge in [-0.15, -0.1) is 0 Å². The summed E-state index contributed by atoms with van der Waals surface area (Å²) < 4.78 is 2.24. The lowest BCUT2D eigenvalue weighted by atomic mass is 10.0. The van der Waals surface area contributed by atoms with Crippen LogP contribution in [0.1, 0.15) is 38.2 Å². The molecular weight excluding hydrogens is 162 g/mol. The molecule has 2 rings (SSSR count). The van der Waals surface area contributed by atoms with Crippen molar-refractivity contribution in [3.8, 4) is 0 Å². The van der Waals surface area contributed by atoms with E-state index < -0.39 is 0 Å². The summed E-state index contributed by atoms with van der Waals surface area (Å²) in [6.45, 7) is 5.11. The molecule has 0 saturated carbocycles. The zero-order chi connectivity index (χ0) is 9.47. The highest BCUT2D eigenvalue weighted by atomic mass is 15.1. The first kappa shape index (κ1) is 8.75. The molecule has 1 aromatic heterocycles. The molecule has 0 bridgehead atoms. The Morgan fingerprint density at radius 2 is 2.23 bits per heavy atom. The standard InChI is InChI=1S/C10H17N3/c1-10(2,11)8-7-13-6-4-3-5-9(13)12-8/h7H,3-6,11H2,1-2H3. The molecule has 2 N–H and O–H groups in total. The zero-order valence-corrected chi connectivity index (χ0v) is 8.38. The number of imidazole rings is 1. The van der Waals surface area contributed by atoms with Gasteiger partial charge in [0.25, 0.3) is 0 Å². The lowest BCUT2D eigenvalue weighted by molar-refractivity contribution is 0.522. The second-order valence-electron chi connectivity index (χ2n) is 4.41. The summed E-state index contributed by atoms with van der Waals surface area (Å²) in [5.41, 5.74) is 6.71. The zero-order valence-electron chi connectivity index (χ0n) is 8.38. The molecule has 2 heterocycles. The highest BCUT2D eigenvalue weighted by Crippen LogP contribution is 2.20. The Bertz CT molecular complexity index is 283. The number of hydrogen-bond acceptors (Lipinski definition) is 2. The minimum atomic E-state index is -0.301. The first-order valence-corrected chi connectivity index (χ1v) is 4.93. The Labute approximate surface area is 79.0 Å². The summed E-state index contributed by atoms with van der Waals surface area (Å²) in [6.07, 6.45) is 5.75. The molecule has 0 spiro atoms. The van der Waals surface area contributed by atoms with Gasteiger partial charge in [-0.1, -0.05) is 0 Å². The molecule has 0 fully saturated rings. The van der Waals surface area contributed by atoms with Crippen molar-refractivity contribution in [2.75, 3.05) is 0 Å². The van der Waals surface area contributed by atoms with Crippen LogP contribution < -0.4 is 5.73 Å². The minimum absolute atomic E-state index is 0.301. The van der Waals surface area contributed by atoms with Crippen molar-refractivity contribution in [3.63, 3.8) is 0 Å². The Hall–Kier alpha value is -0.830. The summed E-state index contributed by atoms with van der Waals surface area (Å²) >= 11 is 0. The second-order valence-corrected chi connectivity index (χ2v) is 4.41. The van der Waals surface area contributed by atoms with Gasteiger partial charge in [0, 0.05) is 19.2 Å². The monoisotopic (exact) mass is 179 g/mol. The van der Waals surface area contributed by atoms with Crippen molar-refractivity contribution in [2.24, 2.45) is 5.73 Å². The molecular formula is C10H17N3. The van der Waals surface area contributed by atoms with E-state index in [1.165, 1.54) is 18.7 Å². The maximum absolute atomic E-state index is 5.99. The van der Waals surface area contributed by atoms with Crippen molar-refractivity contribution in [2.45, 2.75) is 45.2 Å². The molecule has 72 valence electrons. The van der Waals surface area contributed by atoms with Crippen LogP contribution in [-0.2, 0) is 18.5 Å². The van der Waals surface area contributed by atoms with Crippen LogP contribution in [0.15, 0.2) is 6.20 Å². The number of aromatic nitrogens is 2. The summed E-state index contributed by atoms with van der Waals surface area (Å²) in [5.74, 6) is 1.21. The number of rotatable bonds is 1. The van der Waals surface area contributed by atoms with Crippen LogP contribution in [0.4, 0.5) is 0 Å². The van der Waals surface area contributed by atoms with Gasteiger partial charge in [-0.3, -0.25) is 0 Å². The van der Waals surface area contributed by atoms with E-state index in [9.17, 15) is 0 Å². The Balaban J connectivity index is 2.36. The first-order valence-electron chi connectivity index (χ1n) is 4.93. The molecule has 1 aliphatic heterocycles. The summed E-state index contributed by atoms with van der Waals surface area (Å²) in [5, 5.41) is 0. The van der Waals surface area contributed by atoms with E-state index in [4.69, 9.17) is 5.73 Å². The normalized spacial score (nSPS) is 17.2. The maximum Gasteiger partial charge on any atom is 0.109 e. The molecule has 3 heteroatoms. The molecule has 0 atom stereocenters. The van der Waals surface area contributed by atoms with E-state index in [1.54, 1.807) is 0 Å². The van der Waals surface area contributed by atoms with E-state index in [-0.39, 0.29) is 5.54 Å². The third-order valence-corrected chi connectivity index (χ3v) is 2.57. The SMILES string of the molecule is CC(C)(N)c1cn2c(n1)CCCC2. The molecule has 1 aliphatic rings. The number of nitrogens with two attached hydrogens (primary N) is 1. The summed E-state index contributed by atoms with van der Waals surface area (Å²) in [6, 6.07) is 0. The smallest absolute Gasteiger partial charge is 0.109 e. The van der Waals surface area contributed by atoms with Crippen LogP contribution in [0.3, 0.4) is 0 Å². The Kier molecular flexibility index (Phi) is 1.91. The van der Waals surface area contributed by atoms with Gasteiger partial charge in [-0.25, -0.2) is 4.98 Å². The van der Waals surface area contributed by atoms with E-state index >= 15 is 0 Å². The van der Waals surface area contributed by atoms with Gasteiger partial charge >= 0.3 is 0 Å². The van der Waals surface area contributed by atoms with Crippen molar-refractivity contribution in [3.05, 3.63) is 17.7 Å². The fourth-order valence-electron chi connectivity index (χ4n) is 1.72. The molecule has 0 radical (unpaired) electrons. The topological polar surface area (TPSA) is 43.8 Å². The molecule has 13 heavy (non-hydrogen) atoms. The largest absolute Gasteiger partial charge is 0.335 e. The van der Waals surface area contributed by atoms with E-state index in [0.29, 0.717) is 0 Å². The van der Waals surface area contributed by atoms with Crippen LogP contribution in [0.2, 0.25) is 0 Å². The quantitative estimate of drug-likeness (QED) is 0.708. The van der Waals surface area contributed by atoms with Gasteiger partial charge in [0.15, 0.2) is 0 Å².